The molecule has 0 radical (unpaired) electrons. The third kappa shape index (κ3) is 5.74. The second-order valence-corrected chi connectivity index (χ2v) is 8.68. The van der Waals surface area contributed by atoms with Crippen LogP contribution in [0.25, 0.3) is 6.08 Å². The SMILES string of the molecule is C=CCc1cc(/C=C2/SC(=S)CC2=O)cc(OC)c1OCCOc1ccc(C)cc1. The summed E-state index contributed by atoms with van der Waals surface area (Å²) < 4.78 is 18.0. The summed E-state index contributed by atoms with van der Waals surface area (Å²) in [5, 5.41) is 0. The van der Waals surface area contributed by atoms with Crippen molar-refractivity contribution < 1.29 is 19.0 Å². The largest absolute Gasteiger partial charge is 0.493 e. The summed E-state index contributed by atoms with van der Waals surface area (Å²) in [7, 11) is 1.60. The summed E-state index contributed by atoms with van der Waals surface area (Å²) in [5.74, 6) is 2.13. The first-order valence-corrected chi connectivity index (χ1v) is 10.8. The third-order valence-electron chi connectivity index (χ3n) is 4.46. The molecule has 1 saturated heterocycles. The lowest BCUT2D eigenvalue weighted by atomic mass is 10.0. The summed E-state index contributed by atoms with van der Waals surface area (Å²) in [4.78, 5) is 12.7. The van der Waals surface area contributed by atoms with E-state index in [1.165, 1.54) is 17.3 Å². The van der Waals surface area contributed by atoms with Gasteiger partial charge in [0.2, 0.25) is 0 Å². The summed E-state index contributed by atoms with van der Waals surface area (Å²) in [6.45, 7) is 6.66. The molecule has 0 spiro atoms. The Bertz CT molecular complexity index is 977. The molecule has 1 heterocycles. The zero-order valence-corrected chi connectivity index (χ0v) is 18.7. The quantitative estimate of drug-likeness (QED) is 0.220. The second kappa shape index (κ2) is 10.5. The Hall–Kier alpha value is -2.57. The number of methoxy groups -OCH3 is 1. The fourth-order valence-electron chi connectivity index (χ4n) is 3.02. The first kappa shape index (κ1) is 22.1. The predicted molar refractivity (Wildman–Crippen MR) is 127 cm³/mol. The number of ether oxygens (including phenoxy) is 3. The number of thiocarbonyl (C=S) groups is 1. The Kier molecular flexibility index (Phi) is 7.71. The normalized spacial score (nSPS) is 14.8. The molecular formula is C24H24O4S2. The molecule has 2 aromatic rings. The molecule has 3 rings (SSSR count). The predicted octanol–water partition coefficient (Wildman–Crippen LogP) is 5.56. The number of carbonyl (C=O) groups is 1. The van der Waals surface area contributed by atoms with E-state index in [9.17, 15) is 4.79 Å². The Balaban J connectivity index is 1.75. The molecule has 0 N–H and O–H groups in total. The number of benzene rings is 2. The zero-order valence-electron chi connectivity index (χ0n) is 17.1. The molecule has 30 heavy (non-hydrogen) atoms. The fourth-order valence-corrected chi connectivity index (χ4v) is 4.25. The minimum absolute atomic E-state index is 0.0582. The van der Waals surface area contributed by atoms with E-state index in [0.29, 0.717) is 46.7 Å². The summed E-state index contributed by atoms with van der Waals surface area (Å²) in [6, 6.07) is 11.8. The zero-order chi connectivity index (χ0) is 21.5. The molecular weight excluding hydrogens is 416 g/mol. The van der Waals surface area contributed by atoms with Crippen molar-refractivity contribution in [2.24, 2.45) is 0 Å². The number of hydrogen-bond acceptors (Lipinski definition) is 6. The van der Waals surface area contributed by atoms with Crippen molar-refractivity contribution >= 4 is 40.0 Å². The average molecular weight is 441 g/mol. The molecule has 4 nitrogen and oxygen atoms in total. The van der Waals surface area contributed by atoms with Gasteiger partial charge in [-0.3, -0.25) is 4.79 Å². The van der Waals surface area contributed by atoms with Crippen LogP contribution >= 0.6 is 24.0 Å². The van der Waals surface area contributed by atoms with Gasteiger partial charge in [0.15, 0.2) is 17.3 Å². The van der Waals surface area contributed by atoms with Crippen LogP contribution in [0.15, 0.2) is 54.0 Å². The van der Waals surface area contributed by atoms with E-state index in [1.54, 1.807) is 7.11 Å². The number of thioether (sulfide) groups is 1. The molecule has 6 heteroatoms. The Morgan fingerprint density at radius 3 is 2.53 bits per heavy atom. The number of rotatable bonds is 9. The molecule has 1 aliphatic rings. The first-order chi connectivity index (χ1) is 14.5. The van der Waals surface area contributed by atoms with Crippen LogP contribution in [0.3, 0.4) is 0 Å². The molecule has 0 saturated carbocycles. The van der Waals surface area contributed by atoms with Crippen LogP contribution in [0.4, 0.5) is 0 Å². The van der Waals surface area contributed by atoms with Gasteiger partial charge < -0.3 is 14.2 Å². The molecule has 0 bridgehead atoms. The van der Waals surface area contributed by atoms with Crippen LogP contribution in [0, 0.1) is 6.92 Å². The Labute approximate surface area is 186 Å². The lowest BCUT2D eigenvalue weighted by Gasteiger charge is -2.16. The standard InChI is InChI=1S/C24H24O4S2/c1-4-5-18-12-17(14-22-20(25)15-23(29)30-22)13-21(26-3)24(18)28-11-10-27-19-8-6-16(2)7-9-19/h4,6-9,12-14H,1,5,10-11,15H2,2-3H3/b22-14+. The summed E-state index contributed by atoms with van der Waals surface area (Å²) in [5.41, 5.74) is 2.99. The van der Waals surface area contributed by atoms with Gasteiger partial charge in [-0.2, -0.15) is 0 Å². The number of carbonyl (C=O) groups excluding carboxylic acids is 1. The number of allylic oxidation sites excluding steroid dienone is 2. The maximum atomic E-state index is 12.1. The number of ketones is 1. The molecule has 156 valence electrons. The second-order valence-electron chi connectivity index (χ2n) is 6.80. The van der Waals surface area contributed by atoms with E-state index >= 15 is 0 Å². The minimum Gasteiger partial charge on any atom is -0.493 e. The van der Waals surface area contributed by atoms with E-state index in [4.69, 9.17) is 26.4 Å². The van der Waals surface area contributed by atoms with Gasteiger partial charge in [0.25, 0.3) is 0 Å². The van der Waals surface area contributed by atoms with Crippen molar-refractivity contribution in [1.82, 2.24) is 0 Å². The van der Waals surface area contributed by atoms with Crippen LogP contribution in [0.2, 0.25) is 0 Å². The van der Waals surface area contributed by atoms with Gasteiger partial charge in [-0.05, 0) is 49.2 Å². The van der Waals surface area contributed by atoms with Gasteiger partial charge >= 0.3 is 0 Å². The van der Waals surface area contributed by atoms with E-state index in [2.05, 4.69) is 6.58 Å². The average Bonchev–Trinajstić information content (AvgIpc) is 3.04. The number of aryl methyl sites for hydroxylation is 1. The number of hydrogen-bond donors (Lipinski definition) is 0. The van der Waals surface area contributed by atoms with Crippen molar-refractivity contribution in [3.8, 4) is 17.2 Å². The maximum Gasteiger partial charge on any atom is 0.175 e. The van der Waals surface area contributed by atoms with Crippen LogP contribution in [0.5, 0.6) is 17.2 Å². The van der Waals surface area contributed by atoms with Crippen LogP contribution in [-0.4, -0.2) is 30.3 Å². The van der Waals surface area contributed by atoms with Gasteiger partial charge in [0.05, 0.1) is 22.6 Å². The van der Waals surface area contributed by atoms with Crippen molar-refractivity contribution in [3.63, 3.8) is 0 Å². The van der Waals surface area contributed by atoms with Gasteiger partial charge in [0.1, 0.15) is 19.0 Å². The topological polar surface area (TPSA) is 44.8 Å². The van der Waals surface area contributed by atoms with Crippen LogP contribution in [0.1, 0.15) is 23.1 Å². The highest BCUT2D eigenvalue weighted by atomic mass is 32.2. The van der Waals surface area contributed by atoms with Gasteiger partial charge in [-0.1, -0.05) is 47.8 Å². The molecule has 1 aliphatic heterocycles. The van der Waals surface area contributed by atoms with E-state index in [-0.39, 0.29) is 5.78 Å². The fraction of sp³-hybridized carbons (Fsp3) is 0.250. The number of Topliss-reactive ketones (excluding diaryl/α,β-unsaturated/α-hetero) is 1. The lowest BCUT2D eigenvalue weighted by Crippen LogP contribution is -2.11. The molecule has 1 fully saturated rings. The van der Waals surface area contributed by atoms with Gasteiger partial charge in [-0.25, -0.2) is 0 Å². The summed E-state index contributed by atoms with van der Waals surface area (Å²) >= 11 is 6.51. The van der Waals surface area contributed by atoms with Crippen LogP contribution in [-0.2, 0) is 11.2 Å². The van der Waals surface area contributed by atoms with Crippen molar-refractivity contribution in [2.75, 3.05) is 20.3 Å². The molecule has 0 aromatic heterocycles. The highest BCUT2D eigenvalue weighted by Gasteiger charge is 2.23. The molecule has 0 amide bonds. The van der Waals surface area contributed by atoms with E-state index in [0.717, 1.165) is 16.9 Å². The monoisotopic (exact) mass is 440 g/mol. The van der Waals surface area contributed by atoms with Crippen molar-refractivity contribution in [3.05, 3.63) is 70.6 Å². The van der Waals surface area contributed by atoms with Gasteiger partial charge in [0, 0.05) is 5.56 Å². The van der Waals surface area contributed by atoms with Crippen LogP contribution < -0.4 is 14.2 Å². The minimum atomic E-state index is 0.0582. The molecule has 0 atom stereocenters. The highest BCUT2D eigenvalue weighted by molar-refractivity contribution is 8.27. The smallest absolute Gasteiger partial charge is 0.175 e. The van der Waals surface area contributed by atoms with Crippen molar-refractivity contribution in [2.45, 2.75) is 19.8 Å². The molecule has 2 aromatic carbocycles. The Morgan fingerprint density at radius 1 is 1.17 bits per heavy atom. The van der Waals surface area contributed by atoms with E-state index < -0.39 is 0 Å². The lowest BCUT2D eigenvalue weighted by molar-refractivity contribution is -0.113. The van der Waals surface area contributed by atoms with Gasteiger partial charge in [-0.15, -0.1) is 6.58 Å². The van der Waals surface area contributed by atoms with E-state index in [1.807, 2.05) is 55.5 Å². The highest BCUT2D eigenvalue weighted by Crippen LogP contribution is 2.37. The first-order valence-electron chi connectivity index (χ1n) is 9.60. The molecule has 0 unspecified atom stereocenters. The van der Waals surface area contributed by atoms with Crippen molar-refractivity contribution in [1.29, 1.82) is 0 Å². The third-order valence-corrected chi connectivity index (χ3v) is 5.79. The molecule has 0 aliphatic carbocycles. The Morgan fingerprint density at radius 2 is 1.90 bits per heavy atom. The summed E-state index contributed by atoms with van der Waals surface area (Å²) in [6.07, 6.45) is 4.60. The maximum absolute atomic E-state index is 12.1.